The Balaban J connectivity index is 2.18. The molecule has 1 amide bonds. The van der Waals surface area contributed by atoms with Gasteiger partial charge >= 0.3 is 0 Å². The lowest BCUT2D eigenvalue weighted by atomic mass is 9.88. The van der Waals surface area contributed by atoms with E-state index in [4.69, 9.17) is 11.6 Å². The lowest BCUT2D eigenvalue weighted by Crippen LogP contribution is -2.31. The highest BCUT2D eigenvalue weighted by atomic mass is 35.5. The zero-order chi connectivity index (χ0) is 10.7. The fourth-order valence-corrected chi connectivity index (χ4v) is 2.21. The second kappa shape index (κ2) is 4.67. The average molecular weight is 224 g/mol. The van der Waals surface area contributed by atoms with E-state index in [1.807, 2.05) is 12.1 Å². The van der Waals surface area contributed by atoms with E-state index in [1.165, 1.54) is 11.1 Å². The van der Waals surface area contributed by atoms with E-state index in [1.54, 1.807) is 0 Å². The Kier molecular flexibility index (Phi) is 3.27. The monoisotopic (exact) mass is 223 g/mol. The zero-order valence-electron chi connectivity index (χ0n) is 8.50. The average Bonchev–Trinajstić information content (AvgIpc) is 2.29. The number of benzene rings is 1. The molecule has 0 spiro atoms. The molecule has 1 aromatic carbocycles. The van der Waals surface area contributed by atoms with Crippen LogP contribution < -0.4 is 5.32 Å². The molecule has 0 fully saturated rings. The summed E-state index contributed by atoms with van der Waals surface area (Å²) in [5.74, 6) is -0.0445. The van der Waals surface area contributed by atoms with Gasteiger partial charge in [0.2, 0.25) is 5.91 Å². The maximum Gasteiger partial charge on any atom is 0.235 e. The summed E-state index contributed by atoms with van der Waals surface area (Å²) in [5, 5.41) is 2.95. The first-order chi connectivity index (χ1) is 7.31. The van der Waals surface area contributed by atoms with Crippen LogP contribution in [0.2, 0.25) is 0 Å². The molecule has 2 nitrogen and oxygen atoms in total. The van der Waals surface area contributed by atoms with Gasteiger partial charge in [0, 0.05) is 0 Å². The maximum atomic E-state index is 11.2. The molecule has 0 aromatic heterocycles. The Bertz CT molecular complexity index is 364. The van der Waals surface area contributed by atoms with Gasteiger partial charge in [-0.1, -0.05) is 24.3 Å². The van der Waals surface area contributed by atoms with Crippen molar-refractivity contribution in [1.29, 1.82) is 0 Å². The first kappa shape index (κ1) is 10.5. The number of carbonyl (C=O) groups is 1. The van der Waals surface area contributed by atoms with Crippen LogP contribution in [-0.2, 0) is 11.2 Å². The van der Waals surface area contributed by atoms with Crippen molar-refractivity contribution < 1.29 is 4.79 Å². The van der Waals surface area contributed by atoms with Gasteiger partial charge in [0.1, 0.15) is 5.88 Å². The minimum Gasteiger partial charge on any atom is -0.348 e. The summed E-state index contributed by atoms with van der Waals surface area (Å²) in [6, 6.07) is 8.44. The van der Waals surface area contributed by atoms with Gasteiger partial charge in [-0.25, -0.2) is 0 Å². The van der Waals surface area contributed by atoms with Gasteiger partial charge in [-0.2, -0.15) is 0 Å². The Morgan fingerprint density at radius 2 is 2.27 bits per heavy atom. The van der Waals surface area contributed by atoms with E-state index in [2.05, 4.69) is 17.4 Å². The molecule has 0 bridgehead atoms. The Labute approximate surface area is 94.6 Å². The summed E-state index contributed by atoms with van der Waals surface area (Å²) >= 11 is 5.49. The molecular weight excluding hydrogens is 210 g/mol. The van der Waals surface area contributed by atoms with Gasteiger partial charge in [-0.3, -0.25) is 4.79 Å². The van der Waals surface area contributed by atoms with Crippen molar-refractivity contribution in [3.63, 3.8) is 0 Å². The van der Waals surface area contributed by atoms with Crippen molar-refractivity contribution in [3.05, 3.63) is 35.4 Å². The van der Waals surface area contributed by atoms with Crippen LogP contribution in [0.25, 0.3) is 0 Å². The molecule has 15 heavy (non-hydrogen) atoms. The van der Waals surface area contributed by atoms with Crippen LogP contribution in [0.4, 0.5) is 0 Å². The van der Waals surface area contributed by atoms with Gasteiger partial charge in [0.15, 0.2) is 0 Å². The lowest BCUT2D eigenvalue weighted by molar-refractivity contribution is -0.119. The van der Waals surface area contributed by atoms with E-state index in [0.717, 1.165) is 19.3 Å². The smallest absolute Gasteiger partial charge is 0.235 e. The van der Waals surface area contributed by atoms with Gasteiger partial charge in [0.25, 0.3) is 0 Å². The van der Waals surface area contributed by atoms with E-state index in [-0.39, 0.29) is 17.8 Å². The Hall–Kier alpha value is -1.02. The predicted octanol–water partition coefficient (Wildman–Crippen LogP) is 2.42. The van der Waals surface area contributed by atoms with Crippen LogP contribution in [0.1, 0.15) is 30.0 Å². The first-order valence-corrected chi connectivity index (χ1v) is 5.78. The minimum absolute atomic E-state index is 0.0403. The zero-order valence-corrected chi connectivity index (χ0v) is 9.26. The first-order valence-electron chi connectivity index (χ1n) is 5.24. The van der Waals surface area contributed by atoms with Gasteiger partial charge < -0.3 is 5.32 Å². The molecule has 3 heteroatoms. The van der Waals surface area contributed by atoms with E-state index in [0.29, 0.717) is 0 Å². The molecule has 0 saturated carbocycles. The molecule has 0 radical (unpaired) electrons. The van der Waals surface area contributed by atoms with Crippen LogP contribution >= 0.6 is 11.6 Å². The topological polar surface area (TPSA) is 29.1 Å². The molecule has 80 valence electrons. The number of halogens is 1. The third-order valence-corrected chi connectivity index (χ3v) is 3.07. The molecule has 0 unspecified atom stereocenters. The van der Waals surface area contributed by atoms with Gasteiger partial charge in [-0.05, 0) is 30.4 Å². The van der Waals surface area contributed by atoms with Crippen molar-refractivity contribution in [2.24, 2.45) is 0 Å². The number of aryl methyl sites for hydroxylation is 1. The molecule has 0 aliphatic heterocycles. The van der Waals surface area contributed by atoms with E-state index < -0.39 is 0 Å². The minimum atomic E-state index is -0.0848. The molecule has 2 rings (SSSR count). The normalized spacial score (nSPS) is 19.4. The molecule has 0 saturated heterocycles. The van der Waals surface area contributed by atoms with Crippen LogP contribution in [-0.4, -0.2) is 11.8 Å². The third kappa shape index (κ3) is 2.32. The van der Waals surface area contributed by atoms with Crippen LogP contribution in [0.5, 0.6) is 0 Å². The fourth-order valence-electron chi connectivity index (χ4n) is 2.14. The summed E-state index contributed by atoms with van der Waals surface area (Å²) in [7, 11) is 0. The Morgan fingerprint density at radius 1 is 1.47 bits per heavy atom. The van der Waals surface area contributed by atoms with Crippen molar-refractivity contribution in [2.75, 3.05) is 5.88 Å². The highest BCUT2D eigenvalue weighted by Gasteiger charge is 2.20. The lowest BCUT2D eigenvalue weighted by Gasteiger charge is -2.26. The van der Waals surface area contributed by atoms with Crippen molar-refractivity contribution in [1.82, 2.24) is 5.32 Å². The number of carbonyl (C=O) groups excluding carboxylic acids is 1. The number of hydrogen-bond donors (Lipinski definition) is 1. The molecule has 1 aromatic rings. The summed E-state index contributed by atoms with van der Waals surface area (Å²) in [6.07, 6.45) is 3.26. The van der Waals surface area contributed by atoms with Crippen LogP contribution in [0.3, 0.4) is 0 Å². The highest BCUT2D eigenvalue weighted by Crippen LogP contribution is 2.29. The summed E-state index contributed by atoms with van der Waals surface area (Å²) in [6.45, 7) is 0. The van der Waals surface area contributed by atoms with Crippen molar-refractivity contribution in [2.45, 2.75) is 25.3 Å². The van der Waals surface area contributed by atoms with Crippen LogP contribution in [0, 0.1) is 0 Å². The summed E-state index contributed by atoms with van der Waals surface area (Å²) in [4.78, 5) is 11.2. The van der Waals surface area contributed by atoms with E-state index in [9.17, 15) is 4.79 Å². The van der Waals surface area contributed by atoms with E-state index >= 15 is 0 Å². The predicted molar refractivity (Wildman–Crippen MR) is 61.0 cm³/mol. The van der Waals surface area contributed by atoms with Gasteiger partial charge in [0.05, 0.1) is 6.04 Å². The second-order valence-corrected chi connectivity index (χ2v) is 4.11. The number of amides is 1. The molecular formula is C12H14ClNO. The molecule has 1 aliphatic carbocycles. The summed E-state index contributed by atoms with van der Waals surface area (Å²) < 4.78 is 0. The molecule has 1 N–H and O–H groups in total. The second-order valence-electron chi connectivity index (χ2n) is 3.84. The fraction of sp³-hybridized carbons (Fsp3) is 0.417. The number of fused-ring (bicyclic) bond motifs is 1. The SMILES string of the molecule is O=C(CCl)N[C@H]1CCCc2ccccc21. The highest BCUT2D eigenvalue weighted by molar-refractivity contribution is 6.27. The quantitative estimate of drug-likeness (QED) is 0.767. The standard InChI is InChI=1S/C12H14ClNO/c13-8-12(15)14-11-7-3-5-9-4-1-2-6-10(9)11/h1-2,4,6,11H,3,5,7-8H2,(H,14,15)/t11-/m0/s1. The molecule has 1 atom stereocenters. The number of alkyl halides is 1. The molecule has 0 heterocycles. The Morgan fingerprint density at radius 3 is 3.07 bits per heavy atom. The molecule has 1 aliphatic rings. The maximum absolute atomic E-state index is 11.2. The number of hydrogen-bond acceptors (Lipinski definition) is 1. The number of nitrogens with one attached hydrogen (secondary N) is 1. The largest absolute Gasteiger partial charge is 0.348 e. The van der Waals surface area contributed by atoms with Crippen molar-refractivity contribution >= 4 is 17.5 Å². The summed E-state index contributed by atoms with van der Waals surface area (Å²) in [5.41, 5.74) is 2.60. The number of rotatable bonds is 2. The van der Waals surface area contributed by atoms with Gasteiger partial charge in [-0.15, -0.1) is 11.6 Å². The third-order valence-electron chi connectivity index (χ3n) is 2.83. The van der Waals surface area contributed by atoms with Crippen molar-refractivity contribution in [3.8, 4) is 0 Å². The van der Waals surface area contributed by atoms with Crippen LogP contribution in [0.15, 0.2) is 24.3 Å².